The average molecular weight is 519 g/mol. The molecule has 1 atom stereocenters. The highest BCUT2D eigenvalue weighted by Gasteiger charge is 2.36. The van der Waals surface area contributed by atoms with E-state index in [0.29, 0.717) is 19.0 Å². The van der Waals surface area contributed by atoms with Crippen molar-refractivity contribution in [3.63, 3.8) is 0 Å². The van der Waals surface area contributed by atoms with E-state index in [1.54, 1.807) is 6.07 Å². The quantitative estimate of drug-likeness (QED) is 0.552. The van der Waals surface area contributed by atoms with Gasteiger partial charge in [-0.1, -0.05) is 35.7 Å². The summed E-state index contributed by atoms with van der Waals surface area (Å²) in [5.74, 6) is -0.0192. The summed E-state index contributed by atoms with van der Waals surface area (Å²) in [5, 5.41) is 0.223. The molecule has 3 aliphatic rings. The van der Waals surface area contributed by atoms with Gasteiger partial charge in [0, 0.05) is 31.7 Å². The van der Waals surface area contributed by atoms with Crippen LogP contribution in [0, 0.1) is 0 Å². The maximum absolute atomic E-state index is 13.3. The molecule has 1 unspecified atom stereocenters. The van der Waals surface area contributed by atoms with Crippen LogP contribution < -0.4 is 0 Å². The van der Waals surface area contributed by atoms with Gasteiger partial charge in [-0.2, -0.15) is 4.31 Å². The normalized spacial score (nSPS) is 23.8. The lowest BCUT2D eigenvalue weighted by molar-refractivity contribution is -0.138. The number of hydrogen-bond acceptors (Lipinski definition) is 5. The van der Waals surface area contributed by atoms with E-state index in [0.717, 1.165) is 38.8 Å². The van der Waals surface area contributed by atoms with Gasteiger partial charge in [0.25, 0.3) is 0 Å². The highest BCUT2D eigenvalue weighted by atomic mass is 35.5. The molecule has 3 aliphatic heterocycles. The monoisotopic (exact) mass is 517 g/mol. The maximum Gasteiger partial charge on any atom is 0.248 e. The summed E-state index contributed by atoms with van der Waals surface area (Å²) in [7, 11) is -3.87. The lowest BCUT2D eigenvalue weighted by atomic mass is 10.0. The van der Waals surface area contributed by atoms with Gasteiger partial charge in [0.15, 0.2) is 0 Å². The highest BCUT2D eigenvalue weighted by Crippen LogP contribution is 2.34. The molecule has 3 saturated heterocycles. The number of carbonyl (C=O) groups is 1. The Labute approximate surface area is 207 Å². The van der Waals surface area contributed by atoms with E-state index in [1.165, 1.54) is 42.4 Å². The van der Waals surface area contributed by atoms with Gasteiger partial charge < -0.3 is 14.5 Å². The van der Waals surface area contributed by atoms with Crippen molar-refractivity contribution in [2.45, 2.75) is 61.9 Å². The first-order chi connectivity index (χ1) is 15.9. The molecule has 4 rings (SSSR count). The molecular formula is C23H33Cl2N3O4S. The topological polar surface area (TPSA) is 70.2 Å². The highest BCUT2D eigenvalue weighted by molar-refractivity contribution is 7.89. The standard InChI is InChI=1S/C23H33Cl2N3O4S/c24-20-7-5-8-21(25)23(20)33(30,31)28-13-2-1-6-19(28)16-32-17-22(29)27-14-9-18(10-15-27)26-11-3-4-12-26/h5,7-8,18-19H,1-4,6,9-17H2. The van der Waals surface area contributed by atoms with Gasteiger partial charge in [0.2, 0.25) is 15.9 Å². The van der Waals surface area contributed by atoms with Crippen molar-refractivity contribution in [2.75, 3.05) is 45.9 Å². The van der Waals surface area contributed by atoms with Crippen molar-refractivity contribution in [1.29, 1.82) is 0 Å². The molecule has 10 heteroatoms. The molecule has 0 radical (unpaired) electrons. The lowest BCUT2D eigenvalue weighted by Gasteiger charge is -2.37. The Morgan fingerprint density at radius 1 is 0.939 bits per heavy atom. The summed E-state index contributed by atoms with van der Waals surface area (Å²) < 4.78 is 33.9. The van der Waals surface area contributed by atoms with Crippen LogP contribution in [0.15, 0.2) is 23.1 Å². The van der Waals surface area contributed by atoms with Crippen LogP contribution in [0.4, 0.5) is 0 Å². The van der Waals surface area contributed by atoms with Gasteiger partial charge in [-0.25, -0.2) is 8.42 Å². The van der Waals surface area contributed by atoms with Crippen LogP contribution in [0.3, 0.4) is 0 Å². The Kier molecular flexibility index (Phi) is 8.57. The minimum absolute atomic E-state index is 0.0192. The van der Waals surface area contributed by atoms with Gasteiger partial charge in [0.05, 0.1) is 16.7 Å². The second-order valence-corrected chi connectivity index (χ2v) is 11.8. The van der Waals surface area contributed by atoms with Crippen LogP contribution >= 0.6 is 23.2 Å². The molecule has 1 aromatic rings. The maximum atomic E-state index is 13.3. The van der Waals surface area contributed by atoms with Gasteiger partial charge in [-0.05, 0) is 63.7 Å². The predicted octanol–water partition coefficient (Wildman–Crippen LogP) is 3.64. The molecule has 7 nitrogen and oxygen atoms in total. The van der Waals surface area contributed by atoms with Crippen molar-refractivity contribution >= 4 is 39.1 Å². The molecule has 33 heavy (non-hydrogen) atoms. The van der Waals surface area contributed by atoms with Crippen LogP contribution in [0.2, 0.25) is 10.0 Å². The summed E-state index contributed by atoms with van der Waals surface area (Å²) >= 11 is 12.4. The Balaban J connectivity index is 1.30. The van der Waals surface area contributed by atoms with Gasteiger partial charge in [-0.15, -0.1) is 0 Å². The number of sulfonamides is 1. The fourth-order valence-electron chi connectivity index (χ4n) is 5.26. The molecule has 3 fully saturated rings. The summed E-state index contributed by atoms with van der Waals surface area (Å²) in [4.78, 5) is 17.1. The van der Waals surface area contributed by atoms with Crippen LogP contribution in [0.25, 0.3) is 0 Å². The van der Waals surface area contributed by atoms with Crippen molar-refractivity contribution in [3.05, 3.63) is 28.2 Å². The molecular weight excluding hydrogens is 485 g/mol. The molecule has 0 aliphatic carbocycles. The van der Waals surface area contributed by atoms with Crippen LogP contribution in [0.1, 0.15) is 44.9 Å². The predicted molar refractivity (Wildman–Crippen MR) is 129 cm³/mol. The van der Waals surface area contributed by atoms with Gasteiger partial charge >= 0.3 is 0 Å². The Morgan fingerprint density at radius 3 is 2.24 bits per heavy atom. The Bertz CT molecular complexity index is 911. The summed E-state index contributed by atoms with van der Waals surface area (Å²) in [6.07, 6.45) is 6.94. The molecule has 184 valence electrons. The lowest BCUT2D eigenvalue weighted by Crippen LogP contribution is -2.48. The number of nitrogens with zero attached hydrogens (tertiary/aromatic N) is 3. The van der Waals surface area contributed by atoms with E-state index in [2.05, 4.69) is 4.90 Å². The Morgan fingerprint density at radius 2 is 1.58 bits per heavy atom. The zero-order valence-electron chi connectivity index (χ0n) is 18.9. The molecule has 1 amide bonds. The molecule has 0 spiro atoms. The summed E-state index contributed by atoms with van der Waals surface area (Å²) in [5.41, 5.74) is 0. The zero-order chi connectivity index (χ0) is 23.4. The number of piperidine rings is 2. The molecule has 0 aromatic heterocycles. The first-order valence-corrected chi connectivity index (χ1v) is 14.1. The number of likely N-dealkylation sites (tertiary alicyclic amines) is 2. The molecule has 3 heterocycles. The third-order valence-electron chi connectivity index (χ3n) is 7.07. The number of ether oxygens (including phenoxy) is 1. The van der Waals surface area contributed by atoms with E-state index >= 15 is 0 Å². The number of amides is 1. The molecule has 0 saturated carbocycles. The fourth-order valence-corrected chi connectivity index (χ4v) is 8.04. The van der Waals surface area contributed by atoms with Gasteiger partial charge in [-0.3, -0.25) is 4.79 Å². The van der Waals surface area contributed by atoms with Crippen molar-refractivity contribution in [3.8, 4) is 0 Å². The van der Waals surface area contributed by atoms with E-state index in [-0.39, 0.29) is 40.1 Å². The average Bonchev–Trinajstić information content (AvgIpc) is 3.34. The van der Waals surface area contributed by atoms with E-state index in [4.69, 9.17) is 27.9 Å². The second kappa shape index (κ2) is 11.2. The van der Waals surface area contributed by atoms with E-state index in [1.807, 2.05) is 4.90 Å². The van der Waals surface area contributed by atoms with Crippen LogP contribution in [-0.4, -0.2) is 86.5 Å². The smallest absolute Gasteiger partial charge is 0.248 e. The molecule has 0 N–H and O–H groups in total. The number of rotatable bonds is 7. The third-order valence-corrected chi connectivity index (χ3v) is 9.98. The summed E-state index contributed by atoms with van der Waals surface area (Å²) in [6, 6.07) is 4.93. The molecule has 0 bridgehead atoms. The first-order valence-electron chi connectivity index (χ1n) is 11.9. The van der Waals surface area contributed by atoms with Crippen molar-refractivity contribution in [1.82, 2.24) is 14.1 Å². The first kappa shape index (κ1) is 25.2. The van der Waals surface area contributed by atoms with Crippen molar-refractivity contribution in [2.24, 2.45) is 0 Å². The van der Waals surface area contributed by atoms with Crippen molar-refractivity contribution < 1.29 is 17.9 Å². The fraction of sp³-hybridized carbons (Fsp3) is 0.696. The number of hydrogen-bond donors (Lipinski definition) is 0. The minimum Gasteiger partial charge on any atom is -0.370 e. The van der Waals surface area contributed by atoms with E-state index in [9.17, 15) is 13.2 Å². The largest absolute Gasteiger partial charge is 0.370 e. The zero-order valence-corrected chi connectivity index (χ0v) is 21.3. The van der Waals surface area contributed by atoms with E-state index < -0.39 is 10.0 Å². The Hall–Kier alpha value is -0.900. The van der Waals surface area contributed by atoms with Crippen LogP contribution in [-0.2, 0) is 19.6 Å². The summed E-state index contributed by atoms with van der Waals surface area (Å²) in [6.45, 7) is 4.43. The number of benzene rings is 1. The number of carbonyl (C=O) groups excluding carboxylic acids is 1. The van der Waals surface area contributed by atoms with Crippen LogP contribution in [0.5, 0.6) is 0 Å². The van der Waals surface area contributed by atoms with Gasteiger partial charge in [0.1, 0.15) is 11.5 Å². The number of halogens is 2. The SMILES string of the molecule is O=C(COCC1CCCCN1S(=O)(=O)c1c(Cl)cccc1Cl)N1CCC(N2CCCC2)CC1. The molecule has 1 aromatic carbocycles. The minimum atomic E-state index is -3.87. The second-order valence-electron chi connectivity index (χ2n) is 9.19. The third kappa shape index (κ3) is 5.85.